The summed E-state index contributed by atoms with van der Waals surface area (Å²) in [5, 5.41) is 0. The number of nitrogens with two attached hydrogens (primary N) is 1. The van der Waals surface area contributed by atoms with Crippen molar-refractivity contribution in [3.63, 3.8) is 0 Å². The Morgan fingerprint density at radius 2 is 1.86 bits per heavy atom. The van der Waals surface area contributed by atoms with Crippen molar-refractivity contribution in [1.29, 1.82) is 0 Å². The molecule has 1 atom stereocenters. The first-order chi connectivity index (χ1) is 6.74. The number of hydrogen-bond donors (Lipinski definition) is 1. The zero-order valence-corrected chi connectivity index (χ0v) is 8.73. The molecule has 1 unspecified atom stereocenters. The number of hydrogen-bond acceptors (Lipinski definition) is 2. The molecule has 0 amide bonds. The predicted molar refractivity (Wildman–Crippen MR) is 56.0 cm³/mol. The molecule has 4 heteroatoms. The molecule has 0 aliphatic carbocycles. The second-order valence-electron chi connectivity index (χ2n) is 3.00. The molecule has 0 bridgehead atoms. The molecular weight excluding hydrogens is 201 g/mol. The van der Waals surface area contributed by atoms with Gasteiger partial charge in [0.05, 0.1) is 10.8 Å². The largest absolute Gasteiger partial charge is 0.330 e. The molecule has 0 aliphatic rings. The molecule has 1 aromatic rings. The summed E-state index contributed by atoms with van der Waals surface area (Å²) in [5.41, 5.74) is 5.32. The Balaban J connectivity index is 2.48. The average molecular weight is 215 g/mol. The van der Waals surface area contributed by atoms with Gasteiger partial charge in [0.25, 0.3) is 0 Å². The van der Waals surface area contributed by atoms with E-state index in [1.165, 1.54) is 12.1 Å². The van der Waals surface area contributed by atoms with Gasteiger partial charge in [0.2, 0.25) is 0 Å². The van der Waals surface area contributed by atoms with E-state index in [0.717, 1.165) is 12.8 Å². The van der Waals surface area contributed by atoms with Crippen molar-refractivity contribution in [3.8, 4) is 0 Å². The van der Waals surface area contributed by atoms with E-state index in [2.05, 4.69) is 0 Å². The first-order valence-electron chi connectivity index (χ1n) is 4.58. The average Bonchev–Trinajstić information content (AvgIpc) is 2.19. The molecule has 14 heavy (non-hydrogen) atoms. The lowest BCUT2D eigenvalue weighted by Gasteiger charge is -2.01. The van der Waals surface area contributed by atoms with E-state index in [4.69, 9.17) is 5.73 Å². The van der Waals surface area contributed by atoms with Gasteiger partial charge in [0.15, 0.2) is 0 Å². The fourth-order valence-corrected chi connectivity index (χ4v) is 2.22. The second-order valence-corrected chi connectivity index (χ2v) is 4.57. The van der Waals surface area contributed by atoms with Gasteiger partial charge in [0.1, 0.15) is 5.82 Å². The third-order valence-electron chi connectivity index (χ3n) is 1.86. The molecular formula is C10H14FNOS. The summed E-state index contributed by atoms with van der Waals surface area (Å²) in [7, 11) is -1.02. The van der Waals surface area contributed by atoms with Crippen molar-refractivity contribution < 1.29 is 8.60 Å². The molecule has 1 rings (SSSR count). The van der Waals surface area contributed by atoms with Gasteiger partial charge in [0, 0.05) is 10.6 Å². The molecule has 0 aliphatic heterocycles. The van der Waals surface area contributed by atoms with Crippen LogP contribution in [-0.2, 0) is 10.8 Å². The minimum Gasteiger partial charge on any atom is -0.330 e. The lowest BCUT2D eigenvalue weighted by molar-refractivity contribution is 0.626. The van der Waals surface area contributed by atoms with Crippen LogP contribution in [0.1, 0.15) is 12.8 Å². The minimum absolute atomic E-state index is 0.298. The SMILES string of the molecule is NCCCCS(=O)c1ccc(F)cc1. The van der Waals surface area contributed by atoms with Gasteiger partial charge in [-0.15, -0.1) is 0 Å². The van der Waals surface area contributed by atoms with Gasteiger partial charge in [-0.3, -0.25) is 4.21 Å². The lowest BCUT2D eigenvalue weighted by atomic mass is 10.3. The van der Waals surface area contributed by atoms with Gasteiger partial charge in [-0.05, 0) is 43.7 Å². The third kappa shape index (κ3) is 3.55. The number of benzene rings is 1. The fraction of sp³-hybridized carbons (Fsp3) is 0.400. The normalized spacial score (nSPS) is 12.7. The van der Waals surface area contributed by atoms with Gasteiger partial charge in [-0.2, -0.15) is 0 Å². The molecule has 0 spiro atoms. The highest BCUT2D eigenvalue weighted by atomic mass is 32.2. The van der Waals surface area contributed by atoms with E-state index >= 15 is 0 Å². The Kier molecular flexibility index (Phi) is 4.76. The third-order valence-corrected chi connectivity index (χ3v) is 3.32. The van der Waals surface area contributed by atoms with Crippen LogP contribution in [0.25, 0.3) is 0 Å². The summed E-state index contributed by atoms with van der Waals surface area (Å²) in [6.07, 6.45) is 1.73. The van der Waals surface area contributed by atoms with Crippen molar-refractivity contribution in [1.82, 2.24) is 0 Å². The van der Waals surface area contributed by atoms with E-state index in [1.54, 1.807) is 12.1 Å². The van der Waals surface area contributed by atoms with Gasteiger partial charge >= 0.3 is 0 Å². The highest BCUT2D eigenvalue weighted by molar-refractivity contribution is 7.85. The topological polar surface area (TPSA) is 43.1 Å². The molecule has 0 radical (unpaired) electrons. The van der Waals surface area contributed by atoms with Crippen LogP contribution in [0.5, 0.6) is 0 Å². The molecule has 0 fully saturated rings. The van der Waals surface area contributed by atoms with Crippen molar-refractivity contribution >= 4 is 10.8 Å². The quantitative estimate of drug-likeness (QED) is 0.759. The van der Waals surface area contributed by atoms with Crippen molar-refractivity contribution in [2.45, 2.75) is 17.7 Å². The second kappa shape index (κ2) is 5.88. The standard InChI is InChI=1S/C10H14FNOS/c11-9-3-5-10(6-4-9)14(13)8-2-1-7-12/h3-6H,1-2,7-8,12H2. The Labute approximate surface area is 85.8 Å². The highest BCUT2D eigenvalue weighted by Crippen LogP contribution is 2.09. The monoisotopic (exact) mass is 215 g/mol. The van der Waals surface area contributed by atoms with Crippen molar-refractivity contribution in [2.75, 3.05) is 12.3 Å². The Bertz CT molecular complexity index is 299. The Morgan fingerprint density at radius 3 is 2.43 bits per heavy atom. The molecule has 1 aromatic carbocycles. The Morgan fingerprint density at radius 1 is 1.21 bits per heavy atom. The van der Waals surface area contributed by atoms with Crippen LogP contribution in [0.15, 0.2) is 29.2 Å². The van der Waals surface area contributed by atoms with Crippen LogP contribution in [0, 0.1) is 5.82 Å². The molecule has 2 N–H and O–H groups in total. The summed E-state index contributed by atoms with van der Waals surface area (Å²) >= 11 is 0. The molecule has 2 nitrogen and oxygen atoms in total. The predicted octanol–water partition coefficient (Wildman–Crippen LogP) is 1.67. The van der Waals surface area contributed by atoms with Gasteiger partial charge in [-0.25, -0.2) is 4.39 Å². The van der Waals surface area contributed by atoms with Crippen LogP contribution < -0.4 is 5.73 Å². The smallest absolute Gasteiger partial charge is 0.123 e. The number of halogens is 1. The van der Waals surface area contributed by atoms with E-state index in [-0.39, 0.29) is 5.82 Å². The number of rotatable bonds is 5. The molecule has 0 aromatic heterocycles. The molecule has 78 valence electrons. The van der Waals surface area contributed by atoms with Crippen LogP contribution >= 0.6 is 0 Å². The summed E-state index contributed by atoms with van der Waals surface area (Å²) in [6, 6.07) is 5.79. The maximum atomic E-state index is 12.5. The zero-order chi connectivity index (χ0) is 10.4. The fourth-order valence-electron chi connectivity index (χ4n) is 1.08. The highest BCUT2D eigenvalue weighted by Gasteiger charge is 2.02. The van der Waals surface area contributed by atoms with Crippen molar-refractivity contribution in [3.05, 3.63) is 30.1 Å². The lowest BCUT2D eigenvalue weighted by Crippen LogP contribution is -2.03. The van der Waals surface area contributed by atoms with E-state index in [0.29, 0.717) is 17.2 Å². The van der Waals surface area contributed by atoms with Crippen molar-refractivity contribution in [2.24, 2.45) is 5.73 Å². The summed E-state index contributed by atoms with van der Waals surface area (Å²) < 4.78 is 24.1. The van der Waals surface area contributed by atoms with Crippen LogP contribution in [-0.4, -0.2) is 16.5 Å². The summed E-state index contributed by atoms with van der Waals surface area (Å²) in [5.74, 6) is 0.302. The van der Waals surface area contributed by atoms with Crippen LogP contribution in [0.4, 0.5) is 4.39 Å². The Hall–Kier alpha value is -0.740. The molecule has 0 saturated carbocycles. The first kappa shape index (κ1) is 11.3. The van der Waals surface area contributed by atoms with E-state index < -0.39 is 10.8 Å². The first-order valence-corrected chi connectivity index (χ1v) is 5.90. The van der Waals surface area contributed by atoms with Gasteiger partial charge in [-0.1, -0.05) is 0 Å². The minimum atomic E-state index is -1.02. The number of unbranched alkanes of at least 4 members (excludes halogenated alkanes) is 1. The zero-order valence-electron chi connectivity index (χ0n) is 7.91. The van der Waals surface area contributed by atoms with E-state index in [9.17, 15) is 8.60 Å². The maximum Gasteiger partial charge on any atom is 0.123 e. The molecule has 0 heterocycles. The van der Waals surface area contributed by atoms with Crippen LogP contribution in [0.3, 0.4) is 0 Å². The van der Waals surface area contributed by atoms with Gasteiger partial charge < -0.3 is 5.73 Å². The molecule has 0 saturated heterocycles. The summed E-state index contributed by atoms with van der Waals surface area (Å²) in [6.45, 7) is 0.626. The summed E-state index contributed by atoms with van der Waals surface area (Å²) in [4.78, 5) is 0.684. The van der Waals surface area contributed by atoms with E-state index in [1.807, 2.05) is 0 Å². The maximum absolute atomic E-state index is 12.5. The van der Waals surface area contributed by atoms with Crippen LogP contribution in [0.2, 0.25) is 0 Å².